The second-order valence-electron chi connectivity index (χ2n) is 7.75. The minimum Gasteiger partial charge on any atom is -0.492 e. The Hall–Kier alpha value is -3.09. The number of amides is 1. The van der Waals surface area contributed by atoms with E-state index in [1.54, 1.807) is 24.3 Å². The number of sulfone groups is 1. The van der Waals surface area contributed by atoms with Gasteiger partial charge in [-0.25, -0.2) is 18.1 Å². The molecule has 0 saturated carbocycles. The Labute approximate surface area is 204 Å². The van der Waals surface area contributed by atoms with Crippen LogP contribution in [0, 0.1) is 0 Å². The molecular weight excluding hydrogens is 509 g/mol. The van der Waals surface area contributed by atoms with Gasteiger partial charge < -0.3 is 4.74 Å². The first-order chi connectivity index (χ1) is 16.5. The van der Waals surface area contributed by atoms with Crippen LogP contribution in [-0.4, -0.2) is 60.8 Å². The molecule has 1 amide bonds. The van der Waals surface area contributed by atoms with Gasteiger partial charge in [-0.15, -0.1) is 0 Å². The molecule has 0 spiro atoms. The molecule has 0 atom stereocenters. The fourth-order valence-corrected chi connectivity index (χ4v) is 5.05. The standard InChI is InChI=1S/C22H20ClF3N4O4S/c1-34-20-18(21(31)28-29-10-12-35(32,33)13-11-29)27-30(17-5-3-2-4-16(17)23)19(20)14-6-8-15(9-7-14)22(24,25)26/h2-9H,10-13H2,1H3,(H,28,31). The summed E-state index contributed by atoms with van der Waals surface area (Å²) in [6.45, 7) is 0.209. The molecule has 2 aromatic carbocycles. The van der Waals surface area contributed by atoms with Crippen LogP contribution >= 0.6 is 11.6 Å². The number of carbonyl (C=O) groups is 1. The largest absolute Gasteiger partial charge is 0.492 e. The van der Waals surface area contributed by atoms with Crippen LogP contribution in [0.25, 0.3) is 16.9 Å². The van der Waals surface area contributed by atoms with E-state index < -0.39 is 27.5 Å². The zero-order valence-corrected chi connectivity index (χ0v) is 19.9. The lowest BCUT2D eigenvalue weighted by Crippen LogP contribution is -2.50. The maximum atomic E-state index is 13.1. The van der Waals surface area contributed by atoms with Gasteiger partial charge in [0.05, 0.1) is 34.9 Å². The number of hydrogen-bond acceptors (Lipinski definition) is 6. The Morgan fingerprint density at radius 1 is 1.09 bits per heavy atom. The van der Waals surface area contributed by atoms with Gasteiger partial charge in [0.15, 0.2) is 21.3 Å². The summed E-state index contributed by atoms with van der Waals surface area (Å²) in [6, 6.07) is 11.0. The summed E-state index contributed by atoms with van der Waals surface area (Å²) in [5.74, 6) is -0.850. The van der Waals surface area contributed by atoms with Gasteiger partial charge in [-0.05, 0) is 24.3 Å². The molecule has 1 fully saturated rings. The maximum absolute atomic E-state index is 13.1. The van der Waals surface area contributed by atoms with E-state index in [0.29, 0.717) is 16.3 Å². The third-order valence-electron chi connectivity index (χ3n) is 5.43. The van der Waals surface area contributed by atoms with E-state index in [9.17, 15) is 26.4 Å². The number of nitrogens with one attached hydrogen (secondary N) is 1. The molecule has 1 aliphatic heterocycles. The van der Waals surface area contributed by atoms with Crippen LogP contribution in [0.2, 0.25) is 5.02 Å². The molecule has 4 rings (SSSR count). The van der Waals surface area contributed by atoms with E-state index in [4.69, 9.17) is 16.3 Å². The highest BCUT2D eigenvalue weighted by Crippen LogP contribution is 2.38. The van der Waals surface area contributed by atoms with Gasteiger partial charge in [0.2, 0.25) is 0 Å². The van der Waals surface area contributed by atoms with Crippen LogP contribution in [0.4, 0.5) is 13.2 Å². The fourth-order valence-electron chi connectivity index (χ4n) is 3.63. The van der Waals surface area contributed by atoms with Crippen molar-refractivity contribution in [1.82, 2.24) is 20.2 Å². The highest BCUT2D eigenvalue weighted by molar-refractivity contribution is 7.91. The predicted molar refractivity (Wildman–Crippen MR) is 123 cm³/mol. The zero-order chi connectivity index (χ0) is 25.4. The highest BCUT2D eigenvalue weighted by Gasteiger charge is 2.32. The molecule has 1 saturated heterocycles. The Balaban J connectivity index is 1.79. The van der Waals surface area contributed by atoms with Crippen molar-refractivity contribution in [3.05, 3.63) is 64.8 Å². The summed E-state index contributed by atoms with van der Waals surface area (Å²) in [5, 5.41) is 6.14. The summed E-state index contributed by atoms with van der Waals surface area (Å²) >= 11 is 6.35. The number of nitrogens with zero attached hydrogens (tertiary/aromatic N) is 3. The smallest absolute Gasteiger partial charge is 0.416 e. The minimum absolute atomic E-state index is 0.0202. The first kappa shape index (κ1) is 25.0. The second kappa shape index (κ2) is 9.51. The summed E-state index contributed by atoms with van der Waals surface area (Å²) < 4.78 is 69.4. The maximum Gasteiger partial charge on any atom is 0.416 e. The van der Waals surface area contributed by atoms with Gasteiger partial charge >= 0.3 is 6.18 Å². The number of alkyl halides is 3. The Bertz CT molecular complexity index is 1340. The lowest BCUT2D eigenvalue weighted by Gasteiger charge is -2.26. The number of aromatic nitrogens is 2. The molecule has 2 heterocycles. The average molecular weight is 529 g/mol. The molecule has 1 aromatic heterocycles. The molecule has 13 heteroatoms. The molecule has 0 aliphatic carbocycles. The Morgan fingerprint density at radius 2 is 1.71 bits per heavy atom. The lowest BCUT2D eigenvalue weighted by atomic mass is 10.1. The molecule has 35 heavy (non-hydrogen) atoms. The van der Waals surface area contributed by atoms with E-state index in [1.807, 2.05) is 0 Å². The van der Waals surface area contributed by atoms with Crippen molar-refractivity contribution in [2.24, 2.45) is 0 Å². The van der Waals surface area contributed by atoms with Crippen LogP contribution in [0.5, 0.6) is 5.75 Å². The van der Waals surface area contributed by atoms with Gasteiger partial charge in [-0.3, -0.25) is 10.2 Å². The van der Waals surface area contributed by atoms with Crippen LogP contribution in [0.3, 0.4) is 0 Å². The van der Waals surface area contributed by atoms with Crippen molar-refractivity contribution < 1.29 is 31.1 Å². The SMILES string of the molecule is COc1c(C(=O)NN2CCS(=O)(=O)CC2)nn(-c2ccccc2Cl)c1-c1ccc(C(F)(F)F)cc1. The summed E-state index contributed by atoms with van der Waals surface area (Å²) in [4.78, 5) is 13.1. The Morgan fingerprint density at radius 3 is 2.29 bits per heavy atom. The molecule has 0 bridgehead atoms. The van der Waals surface area contributed by atoms with E-state index in [-0.39, 0.29) is 41.7 Å². The van der Waals surface area contributed by atoms with E-state index >= 15 is 0 Å². The number of ether oxygens (including phenoxy) is 1. The molecule has 8 nitrogen and oxygen atoms in total. The topological polar surface area (TPSA) is 93.5 Å². The van der Waals surface area contributed by atoms with Gasteiger partial charge in [0, 0.05) is 18.7 Å². The number of hydrogen-bond donors (Lipinski definition) is 1. The number of benzene rings is 2. The third kappa shape index (κ3) is 5.29. The van der Waals surface area contributed by atoms with Crippen molar-refractivity contribution in [2.75, 3.05) is 31.7 Å². The number of methoxy groups -OCH3 is 1. The van der Waals surface area contributed by atoms with Crippen molar-refractivity contribution in [1.29, 1.82) is 0 Å². The number of carbonyl (C=O) groups excluding carboxylic acids is 1. The summed E-state index contributed by atoms with van der Waals surface area (Å²) in [5.41, 5.74) is 2.57. The molecule has 0 radical (unpaired) electrons. The second-order valence-corrected chi connectivity index (χ2v) is 10.5. The first-order valence-corrected chi connectivity index (χ1v) is 12.6. The van der Waals surface area contributed by atoms with E-state index in [2.05, 4.69) is 10.5 Å². The van der Waals surface area contributed by atoms with Gasteiger partial charge in [0.1, 0.15) is 5.69 Å². The third-order valence-corrected chi connectivity index (χ3v) is 7.36. The number of halogens is 4. The lowest BCUT2D eigenvalue weighted by molar-refractivity contribution is -0.137. The molecule has 1 aliphatic rings. The van der Waals surface area contributed by atoms with Crippen LogP contribution in [-0.2, 0) is 16.0 Å². The normalized spacial score (nSPS) is 16.1. The molecular formula is C22H20ClF3N4O4S. The van der Waals surface area contributed by atoms with Gasteiger partial charge in [0.25, 0.3) is 5.91 Å². The zero-order valence-electron chi connectivity index (χ0n) is 18.3. The van der Waals surface area contributed by atoms with Crippen LogP contribution in [0.1, 0.15) is 16.1 Å². The van der Waals surface area contributed by atoms with Crippen molar-refractivity contribution in [2.45, 2.75) is 6.18 Å². The fraction of sp³-hybridized carbons (Fsp3) is 0.273. The Kier molecular flexibility index (Phi) is 6.80. The summed E-state index contributed by atoms with van der Waals surface area (Å²) in [7, 11) is -1.84. The van der Waals surface area contributed by atoms with Crippen LogP contribution < -0.4 is 10.2 Å². The molecule has 3 aromatic rings. The number of rotatable bonds is 5. The van der Waals surface area contributed by atoms with E-state index in [1.165, 1.54) is 28.9 Å². The van der Waals surface area contributed by atoms with Gasteiger partial charge in [-0.2, -0.15) is 18.3 Å². The monoisotopic (exact) mass is 528 g/mol. The van der Waals surface area contributed by atoms with Crippen molar-refractivity contribution >= 4 is 27.3 Å². The minimum atomic E-state index is -4.52. The van der Waals surface area contributed by atoms with Crippen molar-refractivity contribution in [3.8, 4) is 22.7 Å². The summed E-state index contributed by atoms with van der Waals surface area (Å²) in [6.07, 6.45) is -4.52. The molecule has 186 valence electrons. The number of hydrazine groups is 1. The predicted octanol–water partition coefficient (Wildman–Crippen LogP) is 3.60. The first-order valence-electron chi connectivity index (χ1n) is 10.4. The quantitative estimate of drug-likeness (QED) is 0.544. The number of para-hydroxylation sites is 1. The molecule has 1 N–H and O–H groups in total. The molecule has 0 unspecified atom stereocenters. The van der Waals surface area contributed by atoms with E-state index in [0.717, 1.165) is 12.1 Å². The average Bonchev–Trinajstić information content (AvgIpc) is 3.20. The highest BCUT2D eigenvalue weighted by atomic mass is 35.5. The van der Waals surface area contributed by atoms with Gasteiger partial charge in [-0.1, -0.05) is 35.9 Å². The van der Waals surface area contributed by atoms with Crippen molar-refractivity contribution in [3.63, 3.8) is 0 Å². The van der Waals surface area contributed by atoms with Crippen LogP contribution in [0.15, 0.2) is 48.5 Å².